The molecule has 0 atom stereocenters. The van der Waals surface area contributed by atoms with Crippen molar-refractivity contribution in [1.82, 2.24) is 9.55 Å². The molecule has 0 saturated heterocycles. The Bertz CT molecular complexity index is 567. The van der Waals surface area contributed by atoms with Crippen molar-refractivity contribution in [3.8, 4) is 16.4 Å². The van der Waals surface area contributed by atoms with E-state index in [4.69, 9.17) is 0 Å². The van der Waals surface area contributed by atoms with Gasteiger partial charge in [0.05, 0.1) is 5.69 Å². The van der Waals surface area contributed by atoms with Gasteiger partial charge >= 0.3 is 0 Å². The number of nitrogens with zero attached hydrogens (tertiary/aromatic N) is 2. The molecule has 0 N–H and O–H groups in total. The molecule has 3 aromatic rings. The Morgan fingerprint density at radius 2 is 1.69 bits per heavy atom. The average molecular weight is 226 g/mol. The summed E-state index contributed by atoms with van der Waals surface area (Å²) in [6.07, 6.45) is 4.02. The summed E-state index contributed by atoms with van der Waals surface area (Å²) in [6, 6.07) is 14.2. The molecule has 3 rings (SSSR count). The minimum atomic E-state index is 1.00. The maximum absolute atomic E-state index is 4.60. The molecule has 0 saturated carbocycles. The van der Waals surface area contributed by atoms with Crippen LogP contribution in [-0.2, 0) is 0 Å². The molecule has 0 aliphatic carbocycles. The van der Waals surface area contributed by atoms with Crippen LogP contribution in [-0.4, -0.2) is 9.55 Å². The van der Waals surface area contributed by atoms with Crippen molar-refractivity contribution < 1.29 is 0 Å². The molecule has 0 aliphatic rings. The van der Waals surface area contributed by atoms with E-state index < -0.39 is 0 Å². The highest BCUT2D eigenvalue weighted by Crippen LogP contribution is 2.23. The Kier molecular flexibility index (Phi) is 2.31. The minimum Gasteiger partial charge on any atom is -0.300 e. The monoisotopic (exact) mass is 226 g/mol. The van der Waals surface area contributed by atoms with Gasteiger partial charge in [-0.05, 0) is 12.1 Å². The summed E-state index contributed by atoms with van der Waals surface area (Å²) < 4.78 is 2.02. The van der Waals surface area contributed by atoms with E-state index in [1.165, 1.54) is 0 Å². The van der Waals surface area contributed by atoms with Gasteiger partial charge in [0.2, 0.25) is 0 Å². The summed E-state index contributed by atoms with van der Waals surface area (Å²) in [5.41, 5.74) is 2.20. The fourth-order valence-electron chi connectivity index (χ4n) is 1.59. The van der Waals surface area contributed by atoms with E-state index in [-0.39, 0.29) is 0 Å². The van der Waals surface area contributed by atoms with Gasteiger partial charge in [-0.15, -0.1) is 11.3 Å². The molecule has 2 aromatic heterocycles. The molecule has 2 heterocycles. The van der Waals surface area contributed by atoms with Crippen molar-refractivity contribution in [2.75, 3.05) is 0 Å². The van der Waals surface area contributed by atoms with Gasteiger partial charge < -0.3 is 4.57 Å². The van der Waals surface area contributed by atoms with Gasteiger partial charge in [-0.1, -0.05) is 30.3 Å². The molecule has 78 valence electrons. The zero-order valence-electron chi connectivity index (χ0n) is 8.58. The summed E-state index contributed by atoms with van der Waals surface area (Å²) >= 11 is 1.65. The molecule has 0 unspecified atom stereocenters. The highest BCUT2D eigenvalue weighted by Gasteiger charge is 2.04. The number of hydrogen-bond acceptors (Lipinski definition) is 2. The molecule has 0 aliphatic heterocycles. The number of thiazole rings is 1. The van der Waals surface area contributed by atoms with Gasteiger partial charge in [0.1, 0.15) is 0 Å². The fourth-order valence-corrected chi connectivity index (χ4v) is 2.39. The average Bonchev–Trinajstić information content (AvgIpc) is 3.01. The Labute approximate surface area is 97.8 Å². The van der Waals surface area contributed by atoms with Gasteiger partial charge in [0.15, 0.2) is 5.13 Å². The first kappa shape index (κ1) is 9.36. The van der Waals surface area contributed by atoms with Crippen LogP contribution in [0.5, 0.6) is 0 Å². The normalized spacial score (nSPS) is 10.5. The molecule has 0 spiro atoms. The highest BCUT2D eigenvalue weighted by molar-refractivity contribution is 7.12. The minimum absolute atomic E-state index is 1.00. The van der Waals surface area contributed by atoms with Crippen molar-refractivity contribution in [2.24, 2.45) is 0 Å². The molecule has 16 heavy (non-hydrogen) atoms. The SMILES string of the molecule is c1ccc(-c2csc(-n3cccc3)n2)cc1. The third kappa shape index (κ3) is 1.66. The first-order valence-corrected chi connectivity index (χ1v) is 5.96. The molecule has 0 fully saturated rings. The second-order valence-electron chi connectivity index (χ2n) is 3.47. The van der Waals surface area contributed by atoms with Crippen molar-refractivity contribution in [2.45, 2.75) is 0 Å². The predicted molar refractivity (Wildman–Crippen MR) is 66.9 cm³/mol. The summed E-state index contributed by atoms with van der Waals surface area (Å²) in [7, 11) is 0. The van der Waals surface area contributed by atoms with Crippen LogP contribution >= 0.6 is 11.3 Å². The highest BCUT2D eigenvalue weighted by atomic mass is 32.1. The van der Waals surface area contributed by atoms with Crippen LogP contribution < -0.4 is 0 Å². The first-order valence-electron chi connectivity index (χ1n) is 5.08. The third-order valence-corrected chi connectivity index (χ3v) is 3.24. The van der Waals surface area contributed by atoms with Gasteiger partial charge in [-0.25, -0.2) is 4.98 Å². The number of aromatic nitrogens is 2. The van der Waals surface area contributed by atoms with Crippen LogP contribution in [0.25, 0.3) is 16.4 Å². The maximum Gasteiger partial charge on any atom is 0.194 e. The van der Waals surface area contributed by atoms with E-state index in [9.17, 15) is 0 Å². The quantitative estimate of drug-likeness (QED) is 0.652. The Hall–Kier alpha value is -1.87. The van der Waals surface area contributed by atoms with Crippen LogP contribution in [0, 0.1) is 0 Å². The second kappa shape index (κ2) is 3.94. The van der Waals surface area contributed by atoms with E-state index >= 15 is 0 Å². The smallest absolute Gasteiger partial charge is 0.194 e. The van der Waals surface area contributed by atoms with Crippen LogP contribution in [0.3, 0.4) is 0 Å². The van der Waals surface area contributed by atoms with Crippen molar-refractivity contribution in [3.05, 3.63) is 60.2 Å². The van der Waals surface area contributed by atoms with E-state index in [0.717, 1.165) is 16.4 Å². The lowest BCUT2D eigenvalue weighted by Gasteiger charge is -1.96. The lowest BCUT2D eigenvalue weighted by atomic mass is 10.2. The third-order valence-electron chi connectivity index (χ3n) is 2.39. The van der Waals surface area contributed by atoms with E-state index in [2.05, 4.69) is 22.5 Å². The summed E-state index contributed by atoms with van der Waals surface area (Å²) in [5, 5.41) is 3.09. The van der Waals surface area contributed by atoms with E-state index in [1.54, 1.807) is 11.3 Å². The van der Waals surface area contributed by atoms with Crippen LogP contribution in [0.2, 0.25) is 0 Å². The van der Waals surface area contributed by atoms with Gasteiger partial charge in [0, 0.05) is 23.3 Å². The Morgan fingerprint density at radius 1 is 0.938 bits per heavy atom. The van der Waals surface area contributed by atoms with Gasteiger partial charge in [0.25, 0.3) is 0 Å². The molecule has 3 heteroatoms. The van der Waals surface area contributed by atoms with Crippen molar-refractivity contribution >= 4 is 11.3 Å². The molecular formula is C13H10N2S. The molecule has 0 bridgehead atoms. The lowest BCUT2D eigenvalue weighted by Crippen LogP contribution is -1.87. The summed E-state index contributed by atoms with van der Waals surface area (Å²) in [4.78, 5) is 4.60. The number of hydrogen-bond donors (Lipinski definition) is 0. The zero-order chi connectivity index (χ0) is 10.8. The largest absolute Gasteiger partial charge is 0.300 e. The fraction of sp³-hybridized carbons (Fsp3) is 0. The van der Waals surface area contributed by atoms with Crippen molar-refractivity contribution in [1.29, 1.82) is 0 Å². The van der Waals surface area contributed by atoms with E-state index in [0.29, 0.717) is 0 Å². The van der Waals surface area contributed by atoms with E-state index in [1.807, 2.05) is 47.3 Å². The topological polar surface area (TPSA) is 17.8 Å². The Balaban J connectivity index is 2.00. The Morgan fingerprint density at radius 3 is 2.44 bits per heavy atom. The lowest BCUT2D eigenvalue weighted by molar-refractivity contribution is 1.05. The molecule has 0 radical (unpaired) electrons. The first-order chi connectivity index (χ1) is 7.93. The van der Waals surface area contributed by atoms with Gasteiger partial charge in [-0.3, -0.25) is 0 Å². The van der Waals surface area contributed by atoms with Gasteiger partial charge in [-0.2, -0.15) is 0 Å². The maximum atomic E-state index is 4.60. The molecular weight excluding hydrogens is 216 g/mol. The van der Waals surface area contributed by atoms with Crippen LogP contribution in [0.4, 0.5) is 0 Å². The molecule has 1 aromatic carbocycles. The summed E-state index contributed by atoms with van der Waals surface area (Å²) in [5.74, 6) is 0. The number of rotatable bonds is 2. The zero-order valence-corrected chi connectivity index (χ0v) is 9.39. The van der Waals surface area contributed by atoms with Crippen LogP contribution in [0.1, 0.15) is 0 Å². The van der Waals surface area contributed by atoms with Crippen LogP contribution in [0.15, 0.2) is 60.2 Å². The standard InChI is InChI=1S/C13H10N2S/c1-2-6-11(7-3-1)12-10-16-13(14-12)15-8-4-5-9-15/h1-10H. The summed E-state index contributed by atoms with van der Waals surface area (Å²) in [6.45, 7) is 0. The number of benzene rings is 1. The second-order valence-corrected chi connectivity index (χ2v) is 4.31. The van der Waals surface area contributed by atoms with Crippen molar-refractivity contribution in [3.63, 3.8) is 0 Å². The predicted octanol–water partition coefficient (Wildman–Crippen LogP) is 3.60. The molecule has 2 nitrogen and oxygen atoms in total. The molecule has 0 amide bonds.